The zero-order valence-electron chi connectivity index (χ0n) is 12.5. The summed E-state index contributed by atoms with van der Waals surface area (Å²) in [6, 6.07) is 7.16. The Labute approximate surface area is 130 Å². The third kappa shape index (κ3) is 3.61. The lowest BCUT2D eigenvalue weighted by Gasteiger charge is -2.11. The van der Waals surface area contributed by atoms with Gasteiger partial charge in [-0.2, -0.15) is 13.2 Å². The van der Waals surface area contributed by atoms with Gasteiger partial charge in [-0.3, -0.25) is 4.79 Å². The number of rotatable bonds is 4. The molecule has 1 aromatic carbocycles. The van der Waals surface area contributed by atoms with Gasteiger partial charge in [0, 0.05) is 11.3 Å². The second-order valence-corrected chi connectivity index (χ2v) is 4.94. The Morgan fingerprint density at radius 2 is 1.70 bits per heavy atom. The number of aromatic nitrogens is 1. The predicted octanol–water partition coefficient (Wildman–Crippen LogP) is 3.48. The minimum absolute atomic E-state index is 0.141. The van der Waals surface area contributed by atoms with Crippen LogP contribution in [0, 0.1) is 6.92 Å². The van der Waals surface area contributed by atoms with Gasteiger partial charge in [0.15, 0.2) is 5.78 Å². The van der Waals surface area contributed by atoms with E-state index in [4.69, 9.17) is 0 Å². The molecule has 1 heterocycles. The average Bonchev–Trinajstić information content (AvgIpc) is 2.87. The fourth-order valence-corrected chi connectivity index (χ4v) is 2.14. The van der Waals surface area contributed by atoms with Crippen LogP contribution < -0.4 is 0 Å². The fourth-order valence-electron chi connectivity index (χ4n) is 2.14. The van der Waals surface area contributed by atoms with Crippen molar-refractivity contribution in [3.8, 4) is 0 Å². The van der Waals surface area contributed by atoms with E-state index in [1.54, 1.807) is 13.0 Å². The number of halogens is 3. The van der Waals surface area contributed by atoms with Crippen LogP contribution in [0.5, 0.6) is 0 Å². The molecule has 0 saturated carbocycles. The van der Waals surface area contributed by atoms with Crippen LogP contribution in [0.2, 0.25) is 0 Å². The Bertz CT molecular complexity index is 730. The summed E-state index contributed by atoms with van der Waals surface area (Å²) in [6.07, 6.45) is -4.45. The fraction of sp³-hybridized carbons (Fsp3) is 0.250. The Morgan fingerprint density at radius 1 is 1.09 bits per heavy atom. The molecule has 0 atom stereocenters. The molecule has 0 spiro atoms. The molecule has 0 unspecified atom stereocenters. The van der Waals surface area contributed by atoms with Crippen LogP contribution in [-0.2, 0) is 17.5 Å². The van der Waals surface area contributed by atoms with E-state index >= 15 is 0 Å². The first kappa shape index (κ1) is 16.8. The largest absolute Gasteiger partial charge is 0.464 e. The molecule has 0 aliphatic rings. The lowest BCUT2D eigenvalue weighted by Crippen LogP contribution is -2.17. The number of benzene rings is 1. The highest BCUT2D eigenvalue weighted by molar-refractivity contribution is 5.97. The monoisotopic (exact) mass is 325 g/mol. The number of carbonyl (C=O) groups is 2. The number of ether oxygens (including phenoxy) is 1. The van der Waals surface area contributed by atoms with Crippen molar-refractivity contribution in [1.82, 2.24) is 4.57 Å². The molecule has 23 heavy (non-hydrogen) atoms. The zero-order valence-corrected chi connectivity index (χ0v) is 12.5. The third-order valence-electron chi connectivity index (χ3n) is 3.43. The Morgan fingerprint density at radius 3 is 2.22 bits per heavy atom. The van der Waals surface area contributed by atoms with Crippen LogP contribution in [-0.4, -0.2) is 23.4 Å². The number of methoxy groups -OCH3 is 1. The number of esters is 1. The van der Waals surface area contributed by atoms with Crippen molar-refractivity contribution in [2.75, 3.05) is 7.11 Å². The molecule has 0 aliphatic heterocycles. The normalized spacial score (nSPS) is 11.3. The molecule has 2 aromatic rings. The second kappa shape index (κ2) is 6.28. The van der Waals surface area contributed by atoms with E-state index in [-0.39, 0.29) is 17.8 Å². The summed E-state index contributed by atoms with van der Waals surface area (Å²) in [5, 5.41) is 0. The molecule has 2 rings (SSSR count). The number of ketones is 1. The van der Waals surface area contributed by atoms with Gasteiger partial charge in [-0.1, -0.05) is 12.1 Å². The highest BCUT2D eigenvalue weighted by atomic mass is 19.4. The summed E-state index contributed by atoms with van der Waals surface area (Å²) >= 11 is 0. The highest BCUT2D eigenvalue weighted by Gasteiger charge is 2.30. The summed E-state index contributed by atoms with van der Waals surface area (Å²) in [7, 11) is 1.23. The summed E-state index contributed by atoms with van der Waals surface area (Å²) in [6.45, 7) is 1.56. The Kier molecular flexibility index (Phi) is 4.58. The van der Waals surface area contributed by atoms with E-state index in [0.717, 1.165) is 24.3 Å². The SMILES string of the molecule is COC(=O)c1ccc(C)n1CC(=O)c1ccc(C(F)(F)F)cc1. The number of aryl methyl sites for hydroxylation is 1. The molecule has 4 nitrogen and oxygen atoms in total. The van der Waals surface area contributed by atoms with Crippen LogP contribution >= 0.6 is 0 Å². The number of hydrogen-bond donors (Lipinski definition) is 0. The summed E-state index contributed by atoms with van der Waals surface area (Å²) < 4.78 is 43.7. The second-order valence-electron chi connectivity index (χ2n) is 4.94. The van der Waals surface area contributed by atoms with Crippen molar-refractivity contribution < 1.29 is 27.5 Å². The van der Waals surface area contributed by atoms with Gasteiger partial charge in [-0.15, -0.1) is 0 Å². The van der Waals surface area contributed by atoms with Crippen molar-refractivity contribution in [2.24, 2.45) is 0 Å². The molecule has 0 radical (unpaired) electrons. The van der Waals surface area contributed by atoms with E-state index < -0.39 is 23.5 Å². The van der Waals surface area contributed by atoms with E-state index in [9.17, 15) is 22.8 Å². The summed E-state index contributed by atoms with van der Waals surface area (Å²) in [4.78, 5) is 23.9. The lowest BCUT2D eigenvalue weighted by atomic mass is 10.1. The van der Waals surface area contributed by atoms with E-state index in [2.05, 4.69) is 4.74 Å². The molecule has 0 N–H and O–H groups in total. The third-order valence-corrected chi connectivity index (χ3v) is 3.43. The number of nitrogens with zero attached hydrogens (tertiary/aromatic N) is 1. The first-order valence-corrected chi connectivity index (χ1v) is 6.69. The van der Waals surface area contributed by atoms with Gasteiger partial charge < -0.3 is 9.30 Å². The molecule has 0 aliphatic carbocycles. The van der Waals surface area contributed by atoms with Gasteiger partial charge in [-0.05, 0) is 31.2 Å². The van der Waals surface area contributed by atoms with E-state index in [0.29, 0.717) is 5.69 Å². The number of hydrogen-bond acceptors (Lipinski definition) is 3. The summed E-state index contributed by atoms with van der Waals surface area (Å²) in [5.74, 6) is -0.985. The van der Waals surface area contributed by atoms with E-state index in [1.165, 1.54) is 17.7 Å². The molecule has 7 heteroatoms. The van der Waals surface area contributed by atoms with Crippen LogP contribution in [0.1, 0.15) is 32.1 Å². The highest BCUT2D eigenvalue weighted by Crippen LogP contribution is 2.29. The topological polar surface area (TPSA) is 48.3 Å². The predicted molar refractivity (Wildman–Crippen MR) is 76.3 cm³/mol. The first-order valence-electron chi connectivity index (χ1n) is 6.69. The number of alkyl halides is 3. The minimum atomic E-state index is -4.45. The molecule has 0 fully saturated rings. The van der Waals surface area contributed by atoms with Gasteiger partial charge in [-0.25, -0.2) is 4.79 Å². The maximum Gasteiger partial charge on any atom is 0.416 e. The van der Waals surface area contributed by atoms with Crippen LogP contribution in [0.15, 0.2) is 36.4 Å². The molecule has 0 bridgehead atoms. The van der Waals surface area contributed by atoms with Gasteiger partial charge in [0.1, 0.15) is 5.69 Å². The van der Waals surface area contributed by atoms with Crippen LogP contribution in [0.25, 0.3) is 0 Å². The van der Waals surface area contributed by atoms with Gasteiger partial charge in [0.25, 0.3) is 0 Å². The smallest absolute Gasteiger partial charge is 0.416 e. The van der Waals surface area contributed by atoms with Gasteiger partial charge in [0.05, 0.1) is 19.2 Å². The Hall–Kier alpha value is -2.57. The van der Waals surface area contributed by atoms with Crippen molar-refractivity contribution in [2.45, 2.75) is 19.6 Å². The average molecular weight is 325 g/mol. The molecule has 122 valence electrons. The van der Waals surface area contributed by atoms with Crippen molar-refractivity contribution in [3.05, 3.63) is 58.9 Å². The van der Waals surface area contributed by atoms with Gasteiger partial charge in [0.2, 0.25) is 0 Å². The molecule has 0 amide bonds. The van der Waals surface area contributed by atoms with Crippen LogP contribution in [0.3, 0.4) is 0 Å². The lowest BCUT2D eigenvalue weighted by molar-refractivity contribution is -0.137. The standard InChI is InChI=1S/C16H14F3NO3/c1-10-3-8-13(15(22)23-2)20(10)9-14(21)11-4-6-12(7-5-11)16(17,18)19/h3-8H,9H2,1-2H3. The van der Waals surface area contributed by atoms with Crippen molar-refractivity contribution >= 4 is 11.8 Å². The van der Waals surface area contributed by atoms with E-state index in [1.807, 2.05) is 0 Å². The molecule has 1 aromatic heterocycles. The van der Waals surface area contributed by atoms with Crippen molar-refractivity contribution in [3.63, 3.8) is 0 Å². The maximum absolute atomic E-state index is 12.5. The van der Waals surface area contributed by atoms with Crippen LogP contribution in [0.4, 0.5) is 13.2 Å². The molecular formula is C16H14F3NO3. The Balaban J connectivity index is 2.23. The maximum atomic E-state index is 12.5. The first-order chi connectivity index (χ1) is 10.7. The van der Waals surface area contributed by atoms with Crippen molar-refractivity contribution in [1.29, 1.82) is 0 Å². The summed E-state index contributed by atoms with van der Waals surface area (Å²) in [5.41, 5.74) is 0.208. The minimum Gasteiger partial charge on any atom is -0.464 e. The molecule has 0 saturated heterocycles. The number of Topliss-reactive ketones (excluding diaryl/α,β-unsaturated/α-hetero) is 1. The number of carbonyl (C=O) groups excluding carboxylic acids is 2. The molecular weight excluding hydrogens is 311 g/mol. The van der Waals surface area contributed by atoms with Gasteiger partial charge >= 0.3 is 12.1 Å². The zero-order chi connectivity index (χ0) is 17.2. The quantitative estimate of drug-likeness (QED) is 0.639.